The first kappa shape index (κ1) is 24.2. The van der Waals surface area contributed by atoms with Crippen LogP contribution in [0.1, 0.15) is 38.2 Å². The van der Waals surface area contributed by atoms with Gasteiger partial charge in [-0.15, -0.1) is 0 Å². The molecule has 1 spiro atoms. The molecule has 0 bridgehead atoms. The SMILES string of the molecule is CC(C)N1CCC(c2ccc(-c3cc4c(NCCNC(=O)N5CC6(COC6)C5)ccnn4c3)cc2)CC1. The average molecular weight is 503 g/mol. The second-order valence-corrected chi connectivity index (χ2v) is 11.3. The van der Waals surface area contributed by atoms with Gasteiger partial charge in [0.05, 0.1) is 29.8 Å². The number of ether oxygens (including phenoxy) is 1. The maximum Gasteiger partial charge on any atom is 0.317 e. The third kappa shape index (κ3) is 4.92. The van der Waals surface area contributed by atoms with E-state index < -0.39 is 0 Å². The Morgan fingerprint density at radius 1 is 1.08 bits per heavy atom. The van der Waals surface area contributed by atoms with Gasteiger partial charge in [-0.05, 0) is 69.0 Å². The van der Waals surface area contributed by atoms with Crippen molar-refractivity contribution in [3.05, 3.63) is 54.4 Å². The summed E-state index contributed by atoms with van der Waals surface area (Å²) in [6, 6.07) is 13.9. The number of carbonyl (C=O) groups excluding carboxylic acids is 1. The number of aromatic nitrogens is 2. The van der Waals surface area contributed by atoms with Crippen LogP contribution in [0.3, 0.4) is 0 Å². The number of likely N-dealkylation sites (tertiary alicyclic amines) is 2. The molecule has 6 rings (SSSR count). The molecule has 3 aliphatic rings. The Morgan fingerprint density at radius 2 is 1.84 bits per heavy atom. The molecule has 37 heavy (non-hydrogen) atoms. The number of benzene rings is 1. The molecule has 196 valence electrons. The van der Waals surface area contributed by atoms with E-state index in [2.05, 4.69) is 71.0 Å². The lowest BCUT2D eigenvalue weighted by Crippen LogP contribution is -2.68. The van der Waals surface area contributed by atoms with E-state index in [1.165, 1.54) is 37.1 Å². The van der Waals surface area contributed by atoms with Crippen LogP contribution in [0, 0.1) is 5.41 Å². The lowest BCUT2D eigenvalue weighted by Gasteiger charge is -2.54. The van der Waals surface area contributed by atoms with Gasteiger partial charge in [-0.3, -0.25) is 0 Å². The van der Waals surface area contributed by atoms with E-state index in [-0.39, 0.29) is 11.4 Å². The second kappa shape index (κ2) is 9.99. The Labute approximate surface area is 219 Å². The molecule has 5 heterocycles. The quantitative estimate of drug-likeness (QED) is 0.477. The molecule has 2 aromatic heterocycles. The number of hydrogen-bond acceptors (Lipinski definition) is 5. The van der Waals surface area contributed by atoms with Gasteiger partial charge in [0.2, 0.25) is 0 Å². The zero-order chi connectivity index (χ0) is 25.4. The number of piperidine rings is 1. The lowest BCUT2D eigenvalue weighted by molar-refractivity contribution is -0.175. The summed E-state index contributed by atoms with van der Waals surface area (Å²) in [7, 11) is 0. The summed E-state index contributed by atoms with van der Waals surface area (Å²) in [5.41, 5.74) is 6.10. The number of rotatable bonds is 7. The van der Waals surface area contributed by atoms with Crippen LogP contribution in [0.25, 0.3) is 16.6 Å². The van der Waals surface area contributed by atoms with Crippen molar-refractivity contribution in [3.63, 3.8) is 0 Å². The first-order chi connectivity index (χ1) is 18.0. The molecule has 0 saturated carbocycles. The molecule has 3 fully saturated rings. The monoisotopic (exact) mass is 502 g/mol. The fraction of sp³-hybridized carbons (Fsp3) is 0.517. The maximum absolute atomic E-state index is 12.3. The second-order valence-electron chi connectivity index (χ2n) is 11.3. The van der Waals surface area contributed by atoms with Gasteiger partial charge < -0.3 is 25.2 Å². The highest BCUT2D eigenvalue weighted by Crippen LogP contribution is 2.37. The standard InChI is InChI=1S/C29H38N6O2/c1-21(2)33-13-8-24(9-14-33)22-3-5-23(6-4-22)25-15-27-26(7-10-32-35(27)16-25)30-11-12-31-28(36)34-17-29(18-34)19-37-20-29/h3-7,10,15-16,21,24,30H,8-9,11-14,17-20H2,1-2H3,(H,31,36). The summed E-state index contributed by atoms with van der Waals surface area (Å²) >= 11 is 0. The summed E-state index contributed by atoms with van der Waals surface area (Å²) < 4.78 is 7.21. The zero-order valence-corrected chi connectivity index (χ0v) is 21.9. The molecular formula is C29H38N6O2. The number of anilines is 1. The van der Waals surface area contributed by atoms with Crippen molar-refractivity contribution in [1.82, 2.24) is 24.7 Å². The van der Waals surface area contributed by atoms with Crippen molar-refractivity contribution in [1.29, 1.82) is 0 Å². The van der Waals surface area contributed by atoms with Gasteiger partial charge in [0.25, 0.3) is 0 Å². The summed E-state index contributed by atoms with van der Waals surface area (Å²) in [6.45, 7) is 11.4. The minimum atomic E-state index is 0.0121. The van der Waals surface area contributed by atoms with E-state index in [1.807, 2.05) is 21.7 Å². The highest BCUT2D eigenvalue weighted by molar-refractivity contribution is 5.79. The van der Waals surface area contributed by atoms with Crippen molar-refractivity contribution < 1.29 is 9.53 Å². The van der Waals surface area contributed by atoms with Crippen molar-refractivity contribution in [2.75, 3.05) is 57.8 Å². The van der Waals surface area contributed by atoms with Crippen LogP contribution in [0.4, 0.5) is 10.5 Å². The van der Waals surface area contributed by atoms with Crippen LogP contribution in [0.2, 0.25) is 0 Å². The van der Waals surface area contributed by atoms with Crippen LogP contribution in [0.5, 0.6) is 0 Å². The third-order valence-electron chi connectivity index (χ3n) is 8.36. The van der Waals surface area contributed by atoms with E-state index >= 15 is 0 Å². The number of fused-ring (bicyclic) bond motifs is 1. The molecule has 8 nitrogen and oxygen atoms in total. The molecule has 0 aliphatic carbocycles. The molecule has 0 radical (unpaired) electrons. The number of hydrogen-bond donors (Lipinski definition) is 2. The molecule has 3 saturated heterocycles. The third-order valence-corrected chi connectivity index (χ3v) is 8.36. The first-order valence-electron chi connectivity index (χ1n) is 13.7. The Kier molecular flexibility index (Phi) is 6.55. The molecule has 0 atom stereocenters. The van der Waals surface area contributed by atoms with E-state index in [0.29, 0.717) is 25.0 Å². The Morgan fingerprint density at radius 3 is 2.51 bits per heavy atom. The molecule has 8 heteroatoms. The number of urea groups is 1. The summed E-state index contributed by atoms with van der Waals surface area (Å²) in [5.74, 6) is 0.657. The predicted octanol–water partition coefficient (Wildman–Crippen LogP) is 4.04. The van der Waals surface area contributed by atoms with E-state index in [9.17, 15) is 4.79 Å². The van der Waals surface area contributed by atoms with Gasteiger partial charge in [-0.25, -0.2) is 9.31 Å². The summed E-state index contributed by atoms with van der Waals surface area (Å²) in [5, 5.41) is 11.0. The summed E-state index contributed by atoms with van der Waals surface area (Å²) in [4.78, 5) is 16.8. The smallest absolute Gasteiger partial charge is 0.317 e. The van der Waals surface area contributed by atoms with Gasteiger partial charge in [0.1, 0.15) is 0 Å². The van der Waals surface area contributed by atoms with E-state index in [4.69, 9.17) is 4.74 Å². The highest BCUT2D eigenvalue weighted by atomic mass is 16.5. The van der Waals surface area contributed by atoms with Gasteiger partial charge in [-0.1, -0.05) is 24.3 Å². The van der Waals surface area contributed by atoms with Crippen LogP contribution in [-0.4, -0.2) is 84.0 Å². The van der Waals surface area contributed by atoms with E-state index in [1.54, 1.807) is 0 Å². The predicted molar refractivity (Wildman–Crippen MR) is 146 cm³/mol. The number of amides is 2. The fourth-order valence-electron chi connectivity index (χ4n) is 5.98. The molecule has 2 N–H and O–H groups in total. The number of nitrogens with zero attached hydrogens (tertiary/aromatic N) is 4. The molecule has 0 unspecified atom stereocenters. The average Bonchev–Trinajstić information content (AvgIpc) is 3.30. The van der Waals surface area contributed by atoms with Crippen LogP contribution >= 0.6 is 0 Å². The van der Waals surface area contributed by atoms with Gasteiger partial charge in [0.15, 0.2) is 0 Å². The van der Waals surface area contributed by atoms with Crippen molar-refractivity contribution in [2.24, 2.45) is 5.41 Å². The van der Waals surface area contributed by atoms with Crippen molar-refractivity contribution >= 4 is 17.2 Å². The number of nitrogens with one attached hydrogen (secondary N) is 2. The summed E-state index contributed by atoms with van der Waals surface area (Å²) in [6.07, 6.45) is 6.37. The van der Waals surface area contributed by atoms with Crippen LogP contribution in [-0.2, 0) is 4.74 Å². The lowest BCUT2D eigenvalue weighted by atomic mass is 9.78. The Bertz CT molecular complexity index is 1230. The molecular weight excluding hydrogens is 464 g/mol. The topological polar surface area (TPSA) is 74.1 Å². The molecule has 3 aliphatic heterocycles. The fourth-order valence-corrected chi connectivity index (χ4v) is 5.98. The van der Waals surface area contributed by atoms with Gasteiger partial charge >= 0.3 is 6.03 Å². The van der Waals surface area contributed by atoms with Gasteiger partial charge in [-0.2, -0.15) is 5.10 Å². The van der Waals surface area contributed by atoms with Crippen molar-refractivity contribution in [2.45, 2.75) is 38.6 Å². The first-order valence-corrected chi connectivity index (χ1v) is 13.7. The van der Waals surface area contributed by atoms with Crippen molar-refractivity contribution in [3.8, 4) is 11.1 Å². The molecule has 2 amide bonds. The van der Waals surface area contributed by atoms with Gasteiger partial charge in [0, 0.05) is 50.2 Å². The normalized spacial score (nSPS) is 19.7. The Hall–Kier alpha value is -3.10. The highest BCUT2D eigenvalue weighted by Gasteiger charge is 2.50. The molecule has 1 aromatic carbocycles. The molecule has 3 aromatic rings. The van der Waals surface area contributed by atoms with Crippen LogP contribution in [0.15, 0.2) is 48.8 Å². The Balaban J connectivity index is 1.04. The maximum atomic E-state index is 12.3. The minimum absolute atomic E-state index is 0.0121. The zero-order valence-electron chi connectivity index (χ0n) is 21.9. The number of carbonyl (C=O) groups is 1. The largest absolute Gasteiger partial charge is 0.381 e. The van der Waals surface area contributed by atoms with Crippen LogP contribution < -0.4 is 10.6 Å². The van der Waals surface area contributed by atoms with E-state index in [0.717, 1.165) is 43.1 Å². The minimum Gasteiger partial charge on any atom is -0.381 e.